The third-order valence-electron chi connectivity index (χ3n) is 4.45. The van der Waals surface area contributed by atoms with E-state index in [1.165, 1.54) is 11.3 Å². The molecule has 3 nitrogen and oxygen atoms in total. The molecule has 3 aromatic carbocycles. The van der Waals surface area contributed by atoms with E-state index in [1.807, 2.05) is 72.1 Å². The summed E-state index contributed by atoms with van der Waals surface area (Å²) in [5, 5.41) is 5.75. The maximum atomic E-state index is 12.5. The summed E-state index contributed by atoms with van der Waals surface area (Å²) >= 11 is 1.45. The Labute approximate surface area is 153 Å². The highest BCUT2D eigenvalue weighted by Crippen LogP contribution is 2.31. The Morgan fingerprint density at radius 1 is 0.846 bits per heavy atom. The van der Waals surface area contributed by atoms with E-state index in [9.17, 15) is 4.79 Å². The normalized spacial score (nSPS) is 11.2. The van der Waals surface area contributed by atoms with E-state index in [-0.39, 0.29) is 5.63 Å². The van der Waals surface area contributed by atoms with Crippen molar-refractivity contribution in [3.8, 4) is 21.8 Å². The van der Waals surface area contributed by atoms with Crippen LogP contribution in [0.5, 0.6) is 0 Å². The van der Waals surface area contributed by atoms with Gasteiger partial charge in [-0.25, -0.2) is 9.78 Å². The van der Waals surface area contributed by atoms with Gasteiger partial charge in [-0.1, -0.05) is 60.7 Å². The van der Waals surface area contributed by atoms with Crippen LogP contribution in [0.3, 0.4) is 0 Å². The van der Waals surface area contributed by atoms with Crippen molar-refractivity contribution >= 4 is 33.1 Å². The number of hydrogen-bond donors (Lipinski definition) is 0. The smallest absolute Gasteiger partial charge is 0.346 e. The van der Waals surface area contributed by atoms with E-state index < -0.39 is 0 Å². The second kappa shape index (κ2) is 5.93. The molecule has 4 heteroatoms. The molecular formula is C22H13NO2S. The van der Waals surface area contributed by atoms with E-state index in [1.54, 1.807) is 0 Å². The predicted octanol–water partition coefficient (Wildman–Crippen LogP) is 5.74. The van der Waals surface area contributed by atoms with Crippen LogP contribution >= 0.6 is 11.3 Å². The highest BCUT2D eigenvalue weighted by atomic mass is 32.1. The summed E-state index contributed by atoms with van der Waals surface area (Å²) in [5.41, 5.74) is 2.63. The Hall–Kier alpha value is -3.24. The molecule has 0 aliphatic rings. The number of fused-ring (bicyclic) bond motifs is 3. The Bertz CT molecular complexity index is 1300. The lowest BCUT2D eigenvalue weighted by Crippen LogP contribution is -2.02. The largest absolute Gasteiger partial charge is 0.422 e. The number of nitrogens with zero attached hydrogens (tertiary/aromatic N) is 1. The minimum Gasteiger partial charge on any atom is -0.422 e. The van der Waals surface area contributed by atoms with E-state index in [0.29, 0.717) is 16.2 Å². The van der Waals surface area contributed by atoms with Gasteiger partial charge in [0.2, 0.25) is 0 Å². The van der Waals surface area contributed by atoms with Crippen molar-refractivity contribution in [3.05, 3.63) is 88.6 Å². The van der Waals surface area contributed by atoms with Gasteiger partial charge in [-0.2, -0.15) is 0 Å². The summed E-state index contributed by atoms with van der Waals surface area (Å²) in [6, 6.07) is 23.7. The first kappa shape index (κ1) is 15.0. The van der Waals surface area contributed by atoms with Crippen molar-refractivity contribution in [2.45, 2.75) is 0 Å². The second-order valence-corrected chi connectivity index (χ2v) is 6.91. The number of rotatable bonds is 2. The van der Waals surface area contributed by atoms with Crippen LogP contribution in [0.25, 0.3) is 43.6 Å². The van der Waals surface area contributed by atoms with E-state index in [2.05, 4.69) is 11.1 Å². The van der Waals surface area contributed by atoms with Gasteiger partial charge < -0.3 is 4.42 Å². The number of benzene rings is 3. The van der Waals surface area contributed by atoms with Crippen LogP contribution in [0.1, 0.15) is 0 Å². The molecule has 0 fully saturated rings. The van der Waals surface area contributed by atoms with Crippen LogP contribution in [0.2, 0.25) is 0 Å². The molecule has 0 atom stereocenters. The van der Waals surface area contributed by atoms with Gasteiger partial charge in [0, 0.05) is 16.3 Å². The van der Waals surface area contributed by atoms with Crippen LogP contribution in [0.4, 0.5) is 0 Å². The standard InChI is InChI=1S/C22H13NO2S/c24-22-18(21-23-19(13-26-21)15-7-2-1-3-8-15)12-17-16-9-5-4-6-14(16)10-11-20(17)25-22/h1-13H. The molecule has 2 heterocycles. The number of aromatic nitrogens is 1. The molecule has 5 aromatic rings. The molecule has 0 N–H and O–H groups in total. The molecule has 26 heavy (non-hydrogen) atoms. The third kappa shape index (κ3) is 2.43. The molecule has 0 aliphatic carbocycles. The Morgan fingerprint density at radius 2 is 1.65 bits per heavy atom. The lowest BCUT2D eigenvalue weighted by atomic mass is 10.0. The number of thiazole rings is 1. The van der Waals surface area contributed by atoms with E-state index in [4.69, 9.17) is 4.42 Å². The molecule has 0 amide bonds. The average Bonchev–Trinajstić information content (AvgIpc) is 3.18. The molecule has 5 rings (SSSR count). The molecule has 0 radical (unpaired) electrons. The SMILES string of the molecule is O=c1oc2ccc3ccccc3c2cc1-c1nc(-c2ccccc2)cs1. The zero-order chi connectivity index (χ0) is 17.5. The summed E-state index contributed by atoms with van der Waals surface area (Å²) in [6.07, 6.45) is 0. The van der Waals surface area contributed by atoms with Crippen LogP contribution in [-0.2, 0) is 0 Å². The fraction of sp³-hybridized carbons (Fsp3) is 0. The molecule has 124 valence electrons. The van der Waals surface area contributed by atoms with E-state index >= 15 is 0 Å². The minimum absolute atomic E-state index is 0.359. The van der Waals surface area contributed by atoms with E-state index in [0.717, 1.165) is 27.4 Å². The highest BCUT2D eigenvalue weighted by molar-refractivity contribution is 7.13. The quantitative estimate of drug-likeness (QED) is 0.300. The molecule has 0 saturated carbocycles. The van der Waals surface area contributed by atoms with Crippen LogP contribution in [-0.4, -0.2) is 4.98 Å². The molecule has 0 unspecified atom stereocenters. The summed E-state index contributed by atoms with van der Waals surface area (Å²) in [5.74, 6) is 0. The Morgan fingerprint density at radius 3 is 2.54 bits per heavy atom. The summed E-state index contributed by atoms with van der Waals surface area (Å²) < 4.78 is 5.58. The molecule has 0 bridgehead atoms. The van der Waals surface area contributed by atoms with Gasteiger partial charge in [0.05, 0.1) is 11.3 Å². The summed E-state index contributed by atoms with van der Waals surface area (Å²) in [6.45, 7) is 0. The first-order chi connectivity index (χ1) is 12.8. The maximum absolute atomic E-state index is 12.5. The molecule has 0 aliphatic heterocycles. The van der Waals surface area contributed by atoms with Crippen molar-refractivity contribution in [3.63, 3.8) is 0 Å². The Kier molecular flexibility index (Phi) is 3.43. The van der Waals surface area contributed by atoms with Crippen LogP contribution in [0.15, 0.2) is 87.4 Å². The van der Waals surface area contributed by atoms with Gasteiger partial charge in [-0.15, -0.1) is 11.3 Å². The molecule has 0 saturated heterocycles. The fourth-order valence-electron chi connectivity index (χ4n) is 3.16. The monoisotopic (exact) mass is 355 g/mol. The number of hydrogen-bond acceptors (Lipinski definition) is 4. The third-order valence-corrected chi connectivity index (χ3v) is 5.32. The zero-order valence-electron chi connectivity index (χ0n) is 13.7. The van der Waals surface area contributed by atoms with Crippen molar-refractivity contribution in [2.75, 3.05) is 0 Å². The van der Waals surface area contributed by atoms with Crippen molar-refractivity contribution in [2.24, 2.45) is 0 Å². The zero-order valence-corrected chi connectivity index (χ0v) is 14.5. The topological polar surface area (TPSA) is 43.1 Å². The minimum atomic E-state index is -0.359. The lowest BCUT2D eigenvalue weighted by molar-refractivity contribution is 0.564. The maximum Gasteiger partial charge on any atom is 0.346 e. The van der Waals surface area contributed by atoms with Crippen molar-refractivity contribution in [1.29, 1.82) is 0 Å². The second-order valence-electron chi connectivity index (χ2n) is 6.05. The van der Waals surface area contributed by atoms with Gasteiger partial charge >= 0.3 is 5.63 Å². The molecule has 0 spiro atoms. The average molecular weight is 355 g/mol. The van der Waals surface area contributed by atoms with Gasteiger partial charge in [-0.05, 0) is 22.9 Å². The van der Waals surface area contributed by atoms with Gasteiger partial charge in [0.25, 0.3) is 0 Å². The summed E-state index contributed by atoms with van der Waals surface area (Å²) in [4.78, 5) is 17.2. The fourth-order valence-corrected chi connectivity index (χ4v) is 3.99. The van der Waals surface area contributed by atoms with Gasteiger partial charge in [-0.3, -0.25) is 0 Å². The van der Waals surface area contributed by atoms with Crippen LogP contribution < -0.4 is 5.63 Å². The predicted molar refractivity (Wildman–Crippen MR) is 107 cm³/mol. The highest BCUT2D eigenvalue weighted by Gasteiger charge is 2.14. The van der Waals surface area contributed by atoms with Crippen molar-refractivity contribution in [1.82, 2.24) is 4.98 Å². The Balaban J connectivity index is 1.72. The lowest BCUT2D eigenvalue weighted by Gasteiger charge is -2.04. The van der Waals surface area contributed by atoms with Gasteiger partial charge in [0.15, 0.2) is 0 Å². The first-order valence-electron chi connectivity index (χ1n) is 8.26. The molecular weight excluding hydrogens is 342 g/mol. The molecule has 2 aromatic heterocycles. The van der Waals surface area contributed by atoms with Crippen molar-refractivity contribution < 1.29 is 4.42 Å². The summed E-state index contributed by atoms with van der Waals surface area (Å²) in [7, 11) is 0. The van der Waals surface area contributed by atoms with Gasteiger partial charge in [0.1, 0.15) is 10.6 Å². The first-order valence-corrected chi connectivity index (χ1v) is 9.14. The van der Waals surface area contributed by atoms with Crippen LogP contribution in [0, 0.1) is 0 Å².